The second kappa shape index (κ2) is 3.62. The van der Waals surface area contributed by atoms with Gasteiger partial charge in [0.25, 0.3) is 0 Å². The maximum absolute atomic E-state index is 6.00. The van der Waals surface area contributed by atoms with E-state index in [0.29, 0.717) is 11.0 Å². The number of nitrogens with zero attached hydrogens (tertiary/aromatic N) is 4. The van der Waals surface area contributed by atoms with Crippen molar-refractivity contribution in [1.29, 1.82) is 0 Å². The van der Waals surface area contributed by atoms with Crippen molar-refractivity contribution < 1.29 is 0 Å². The molecule has 15 heavy (non-hydrogen) atoms. The normalized spacial score (nSPS) is 10.7. The Labute approximate surface area is 92.9 Å². The zero-order valence-corrected chi connectivity index (χ0v) is 9.58. The minimum absolute atomic E-state index is 0.501. The molecule has 2 heterocycles. The Balaban J connectivity index is 2.55. The highest BCUT2D eigenvalue weighted by Gasteiger charge is 2.08. The van der Waals surface area contributed by atoms with Crippen LogP contribution >= 0.6 is 11.6 Å². The highest BCUT2D eigenvalue weighted by molar-refractivity contribution is 6.30. The minimum Gasteiger partial charge on any atom is -0.275 e. The van der Waals surface area contributed by atoms with Gasteiger partial charge in [-0.1, -0.05) is 11.6 Å². The van der Waals surface area contributed by atoms with Gasteiger partial charge in [-0.2, -0.15) is 5.10 Å². The van der Waals surface area contributed by atoms with E-state index in [1.807, 2.05) is 27.1 Å². The number of halogens is 1. The molecule has 0 atom stereocenters. The molecule has 0 unspecified atom stereocenters. The van der Waals surface area contributed by atoms with Gasteiger partial charge < -0.3 is 0 Å². The molecule has 0 amide bonds. The summed E-state index contributed by atoms with van der Waals surface area (Å²) in [5.41, 5.74) is 2.70. The Morgan fingerprint density at radius 2 is 2.00 bits per heavy atom. The number of hydrogen-bond donors (Lipinski definition) is 0. The van der Waals surface area contributed by atoms with Crippen LogP contribution in [0.25, 0.3) is 11.4 Å². The van der Waals surface area contributed by atoms with Crippen molar-refractivity contribution in [3.05, 3.63) is 28.8 Å². The van der Waals surface area contributed by atoms with Crippen LogP contribution < -0.4 is 0 Å². The van der Waals surface area contributed by atoms with Crippen molar-refractivity contribution in [3.8, 4) is 11.4 Å². The van der Waals surface area contributed by atoms with E-state index < -0.39 is 0 Å². The lowest BCUT2D eigenvalue weighted by Crippen LogP contribution is -1.95. The fourth-order valence-corrected chi connectivity index (χ4v) is 1.48. The predicted octanol–water partition coefficient (Wildman–Crippen LogP) is 2.15. The molecule has 0 spiro atoms. The van der Waals surface area contributed by atoms with Gasteiger partial charge in [-0.15, -0.1) is 0 Å². The molecule has 0 radical (unpaired) electrons. The fourth-order valence-electron chi connectivity index (χ4n) is 1.26. The summed E-state index contributed by atoms with van der Waals surface area (Å²) in [4.78, 5) is 8.59. The number of rotatable bonds is 1. The van der Waals surface area contributed by atoms with E-state index in [-0.39, 0.29) is 0 Å². The Morgan fingerprint density at radius 1 is 1.27 bits per heavy atom. The first-order valence-electron chi connectivity index (χ1n) is 4.57. The van der Waals surface area contributed by atoms with Gasteiger partial charge in [0.05, 0.1) is 11.8 Å². The van der Waals surface area contributed by atoms with Crippen LogP contribution in [-0.2, 0) is 7.05 Å². The molecular formula is C10H11ClN4. The summed E-state index contributed by atoms with van der Waals surface area (Å²) < 4.78 is 1.71. The summed E-state index contributed by atoms with van der Waals surface area (Å²) in [5.74, 6) is 0.621. The molecule has 78 valence electrons. The summed E-state index contributed by atoms with van der Waals surface area (Å²) in [6.07, 6.45) is 3.58. The van der Waals surface area contributed by atoms with Crippen molar-refractivity contribution in [3.63, 3.8) is 0 Å². The van der Waals surface area contributed by atoms with Gasteiger partial charge in [0.1, 0.15) is 5.15 Å². The van der Waals surface area contributed by atoms with Gasteiger partial charge in [-0.05, 0) is 13.8 Å². The van der Waals surface area contributed by atoms with Crippen LogP contribution in [0.15, 0.2) is 12.4 Å². The van der Waals surface area contributed by atoms with Crippen LogP contribution in [-0.4, -0.2) is 19.7 Å². The predicted molar refractivity (Wildman–Crippen MR) is 58.7 cm³/mol. The Morgan fingerprint density at radius 3 is 2.53 bits per heavy atom. The van der Waals surface area contributed by atoms with Gasteiger partial charge in [0, 0.05) is 24.5 Å². The van der Waals surface area contributed by atoms with Crippen molar-refractivity contribution >= 4 is 11.6 Å². The third-order valence-corrected chi connectivity index (χ3v) is 2.66. The van der Waals surface area contributed by atoms with Crippen LogP contribution in [0.4, 0.5) is 0 Å². The fraction of sp³-hybridized carbons (Fsp3) is 0.300. The summed E-state index contributed by atoms with van der Waals surface area (Å²) in [5, 5.41) is 4.57. The smallest absolute Gasteiger partial charge is 0.164 e. The largest absolute Gasteiger partial charge is 0.275 e. The topological polar surface area (TPSA) is 43.6 Å². The van der Waals surface area contributed by atoms with Gasteiger partial charge in [0.15, 0.2) is 5.82 Å². The molecule has 5 heteroatoms. The maximum Gasteiger partial charge on any atom is 0.164 e. The van der Waals surface area contributed by atoms with Gasteiger partial charge >= 0.3 is 0 Å². The van der Waals surface area contributed by atoms with Gasteiger partial charge in [-0.3, -0.25) is 4.68 Å². The number of aryl methyl sites for hydroxylation is 2. The quantitative estimate of drug-likeness (QED) is 0.695. The van der Waals surface area contributed by atoms with E-state index in [1.54, 1.807) is 10.9 Å². The molecule has 0 aliphatic heterocycles. The third-order valence-electron chi connectivity index (χ3n) is 2.29. The number of hydrogen-bond acceptors (Lipinski definition) is 3. The maximum atomic E-state index is 6.00. The van der Waals surface area contributed by atoms with Crippen LogP contribution in [0.2, 0.25) is 5.15 Å². The van der Waals surface area contributed by atoms with Crippen LogP contribution in [0.1, 0.15) is 11.3 Å². The SMILES string of the molecule is Cc1nc(-c2cnn(C)c2)nc(Cl)c1C. The average Bonchev–Trinajstić information content (AvgIpc) is 2.60. The minimum atomic E-state index is 0.501. The highest BCUT2D eigenvalue weighted by Crippen LogP contribution is 2.20. The molecule has 0 saturated carbocycles. The lowest BCUT2D eigenvalue weighted by atomic mass is 10.2. The molecule has 2 rings (SSSR count). The Hall–Kier alpha value is -1.42. The molecule has 0 N–H and O–H groups in total. The zero-order chi connectivity index (χ0) is 11.0. The lowest BCUT2D eigenvalue weighted by molar-refractivity contribution is 0.768. The van der Waals surface area contributed by atoms with Crippen molar-refractivity contribution in [1.82, 2.24) is 19.7 Å². The summed E-state index contributed by atoms with van der Waals surface area (Å²) in [7, 11) is 1.85. The molecule has 2 aromatic rings. The van der Waals surface area contributed by atoms with Crippen molar-refractivity contribution in [2.24, 2.45) is 7.05 Å². The lowest BCUT2D eigenvalue weighted by Gasteiger charge is -2.03. The van der Waals surface area contributed by atoms with E-state index >= 15 is 0 Å². The van der Waals surface area contributed by atoms with E-state index in [9.17, 15) is 0 Å². The molecule has 0 fully saturated rings. The molecule has 0 aromatic carbocycles. The monoisotopic (exact) mass is 222 g/mol. The first-order valence-corrected chi connectivity index (χ1v) is 4.95. The standard InChI is InChI=1S/C10H11ClN4/c1-6-7(2)13-10(14-9(6)11)8-4-12-15(3)5-8/h4-5H,1-3H3. The third kappa shape index (κ3) is 1.85. The van der Waals surface area contributed by atoms with Crippen LogP contribution in [0, 0.1) is 13.8 Å². The zero-order valence-electron chi connectivity index (χ0n) is 8.82. The van der Waals surface area contributed by atoms with Crippen molar-refractivity contribution in [2.45, 2.75) is 13.8 Å². The second-order valence-electron chi connectivity index (χ2n) is 3.45. The van der Waals surface area contributed by atoms with Gasteiger partial charge in [-0.25, -0.2) is 9.97 Å². The van der Waals surface area contributed by atoms with Crippen LogP contribution in [0.3, 0.4) is 0 Å². The Bertz CT molecular complexity index is 481. The molecule has 0 bridgehead atoms. The molecule has 2 aromatic heterocycles. The molecular weight excluding hydrogens is 212 g/mol. The van der Waals surface area contributed by atoms with E-state index in [4.69, 9.17) is 11.6 Å². The highest BCUT2D eigenvalue weighted by atomic mass is 35.5. The molecule has 0 aliphatic rings. The second-order valence-corrected chi connectivity index (χ2v) is 3.81. The molecule has 0 saturated heterocycles. The summed E-state index contributed by atoms with van der Waals surface area (Å²) >= 11 is 6.00. The van der Waals surface area contributed by atoms with E-state index in [0.717, 1.165) is 16.8 Å². The number of aromatic nitrogens is 4. The summed E-state index contributed by atoms with van der Waals surface area (Å²) in [6.45, 7) is 3.83. The van der Waals surface area contributed by atoms with Crippen molar-refractivity contribution in [2.75, 3.05) is 0 Å². The Kier molecular flexibility index (Phi) is 2.44. The van der Waals surface area contributed by atoms with E-state index in [1.165, 1.54) is 0 Å². The van der Waals surface area contributed by atoms with Gasteiger partial charge in [0.2, 0.25) is 0 Å². The van der Waals surface area contributed by atoms with Crippen LogP contribution in [0.5, 0.6) is 0 Å². The first kappa shape index (κ1) is 10.1. The average molecular weight is 223 g/mol. The summed E-state index contributed by atoms with van der Waals surface area (Å²) in [6, 6.07) is 0. The van der Waals surface area contributed by atoms with E-state index in [2.05, 4.69) is 15.1 Å². The molecule has 4 nitrogen and oxygen atoms in total. The molecule has 0 aliphatic carbocycles. The first-order chi connectivity index (χ1) is 7.08.